The number of hydrogen-bond donors (Lipinski definition) is 0. The van der Waals surface area contributed by atoms with Crippen molar-refractivity contribution in [1.82, 2.24) is 0 Å². The molecule has 0 fully saturated rings. The van der Waals surface area contributed by atoms with Gasteiger partial charge < -0.3 is 0 Å². The zero-order valence-corrected chi connectivity index (χ0v) is 9.32. The maximum absolute atomic E-state index is 8.06. The highest BCUT2D eigenvalue weighted by Gasteiger charge is 1.88. The highest BCUT2D eigenvalue weighted by molar-refractivity contribution is 5.02. The van der Waals surface area contributed by atoms with Crippen LogP contribution in [0.5, 0.6) is 0 Å². The summed E-state index contributed by atoms with van der Waals surface area (Å²) in [7, 11) is 0. The molecule has 0 aromatic heterocycles. The van der Waals surface area contributed by atoms with Crippen molar-refractivity contribution in [3.8, 4) is 0 Å². The third-order valence-corrected chi connectivity index (χ3v) is 1.88. The van der Waals surface area contributed by atoms with E-state index in [9.17, 15) is 0 Å². The largest absolute Gasteiger partial charge is 0.0937 e. The lowest BCUT2D eigenvalue weighted by molar-refractivity contribution is 0.925. The van der Waals surface area contributed by atoms with Gasteiger partial charge in [0.1, 0.15) is 0 Å². The second kappa shape index (κ2) is 8.39. The van der Waals surface area contributed by atoms with Crippen LogP contribution in [0.1, 0.15) is 40.0 Å². The van der Waals surface area contributed by atoms with Crippen molar-refractivity contribution in [3.63, 3.8) is 0 Å². The summed E-state index contributed by atoms with van der Waals surface area (Å²) in [5.41, 5.74) is 10.8. The van der Waals surface area contributed by atoms with Crippen LogP contribution >= 0.6 is 0 Å². The molecule has 0 aliphatic heterocycles. The Labute approximate surface area is 86.1 Å². The van der Waals surface area contributed by atoms with Crippen LogP contribution in [0, 0.1) is 0 Å². The van der Waals surface area contributed by atoms with Gasteiger partial charge in [0.2, 0.25) is 0 Å². The average molecular weight is 193 g/mol. The van der Waals surface area contributed by atoms with E-state index in [4.69, 9.17) is 5.53 Å². The second-order valence-corrected chi connectivity index (χ2v) is 3.61. The van der Waals surface area contributed by atoms with Crippen molar-refractivity contribution in [2.45, 2.75) is 40.0 Å². The van der Waals surface area contributed by atoms with Crippen LogP contribution in [-0.2, 0) is 0 Å². The molecule has 0 atom stereocenters. The van der Waals surface area contributed by atoms with Gasteiger partial charge in [0.05, 0.1) is 0 Å². The van der Waals surface area contributed by atoms with Gasteiger partial charge in [-0.3, -0.25) is 0 Å². The van der Waals surface area contributed by atoms with E-state index in [1.54, 1.807) is 0 Å². The molecule has 0 aromatic carbocycles. The Morgan fingerprint density at radius 1 is 1.21 bits per heavy atom. The van der Waals surface area contributed by atoms with Crippen molar-refractivity contribution in [2.75, 3.05) is 6.54 Å². The Morgan fingerprint density at radius 3 is 2.50 bits per heavy atom. The standard InChI is InChI=1S/C11H19N3/c1-10(2)6-4-7-11(3)8-5-9-13-14-12/h6,8H,4-5,7,9H2,1-3H3. The van der Waals surface area contributed by atoms with E-state index in [0.717, 1.165) is 19.3 Å². The fourth-order valence-electron chi connectivity index (χ4n) is 1.10. The van der Waals surface area contributed by atoms with Crippen LogP contribution in [0.25, 0.3) is 10.4 Å². The molecule has 0 N–H and O–H groups in total. The molecule has 3 nitrogen and oxygen atoms in total. The molecule has 14 heavy (non-hydrogen) atoms. The smallest absolute Gasteiger partial charge is 0.0292 e. The molecule has 0 rings (SSSR count). The molecular weight excluding hydrogens is 174 g/mol. The summed E-state index contributed by atoms with van der Waals surface area (Å²) >= 11 is 0. The van der Waals surface area contributed by atoms with Crippen molar-refractivity contribution in [1.29, 1.82) is 0 Å². The Hall–Kier alpha value is -1.21. The fraction of sp³-hybridized carbons (Fsp3) is 0.636. The molecule has 3 heteroatoms. The number of azide groups is 1. The highest BCUT2D eigenvalue weighted by atomic mass is 15.1. The lowest BCUT2D eigenvalue weighted by atomic mass is 10.1. The summed E-state index contributed by atoms with van der Waals surface area (Å²) in [6.07, 6.45) is 7.44. The number of allylic oxidation sites excluding steroid dienone is 3. The molecule has 0 saturated carbocycles. The maximum atomic E-state index is 8.06. The minimum atomic E-state index is 0.566. The topological polar surface area (TPSA) is 48.8 Å². The molecule has 0 aromatic rings. The summed E-state index contributed by atoms with van der Waals surface area (Å²) in [4.78, 5) is 2.70. The zero-order valence-electron chi connectivity index (χ0n) is 9.32. The SMILES string of the molecule is CC(C)=CCCC(C)=CCCN=[N+]=[N-]. The normalized spacial score (nSPS) is 10.6. The summed E-state index contributed by atoms with van der Waals surface area (Å²) in [5, 5.41) is 3.48. The first-order chi connectivity index (χ1) is 6.66. The molecule has 0 saturated heterocycles. The summed E-state index contributed by atoms with van der Waals surface area (Å²) in [6, 6.07) is 0. The van der Waals surface area contributed by atoms with E-state index >= 15 is 0 Å². The van der Waals surface area contributed by atoms with Crippen LogP contribution in [0.2, 0.25) is 0 Å². The van der Waals surface area contributed by atoms with Crippen LogP contribution < -0.4 is 0 Å². The van der Waals surface area contributed by atoms with E-state index in [1.165, 1.54) is 11.1 Å². The summed E-state index contributed by atoms with van der Waals surface area (Å²) in [6.45, 7) is 6.91. The minimum Gasteiger partial charge on any atom is -0.0937 e. The zero-order chi connectivity index (χ0) is 10.8. The molecule has 0 bridgehead atoms. The van der Waals surface area contributed by atoms with Gasteiger partial charge >= 0.3 is 0 Å². The third kappa shape index (κ3) is 8.88. The van der Waals surface area contributed by atoms with Crippen molar-refractivity contribution in [3.05, 3.63) is 33.7 Å². The molecule has 0 spiro atoms. The van der Waals surface area contributed by atoms with Crippen molar-refractivity contribution in [2.24, 2.45) is 5.11 Å². The average Bonchev–Trinajstić information content (AvgIpc) is 2.12. The highest BCUT2D eigenvalue weighted by Crippen LogP contribution is 2.07. The lowest BCUT2D eigenvalue weighted by Gasteiger charge is -1.97. The Kier molecular flexibility index (Phi) is 7.67. The van der Waals surface area contributed by atoms with Crippen LogP contribution in [-0.4, -0.2) is 6.54 Å². The quantitative estimate of drug-likeness (QED) is 0.198. The van der Waals surface area contributed by atoms with E-state index in [0.29, 0.717) is 6.54 Å². The van der Waals surface area contributed by atoms with Crippen LogP contribution in [0.3, 0.4) is 0 Å². The molecule has 0 amide bonds. The monoisotopic (exact) mass is 193 g/mol. The number of rotatable bonds is 6. The van der Waals surface area contributed by atoms with Gasteiger partial charge in [-0.1, -0.05) is 28.4 Å². The number of hydrogen-bond acceptors (Lipinski definition) is 1. The van der Waals surface area contributed by atoms with Gasteiger partial charge in [-0.05, 0) is 45.6 Å². The molecule has 0 aliphatic carbocycles. The molecule has 0 heterocycles. The number of nitrogens with zero attached hydrogens (tertiary/aromatic N) is 3. The third-order valence-electron chi connectivity index (χ3n) is 1.88. The van der Waals surface area contributed by atoms with E-state index in [2.05, 4.69) is 42.9 Å². The first-order valence-corrected chi connectivity index (χ1v) is 4.96. The predicted molar refractivity (Wildman–Crippen MR) is 61.1 cm³/mol. The Morgan fingerprint density at radius 2 is 1.93 bits per heavy atom. The van der Waals surface area contributed by atoms with Gasteiger partial charge in [0, 0.05) is 11.5 Å². The minimum absolute atomic E-state index is 0.566. The first-order valence-electron chi connectivity index (χ1n) is 4.96. The van der Waals surface area contributed by atoms with Gasteiger partial charge in [-0.15, -0.1) is 0 Å². The molecular formula is C11H19N3. The van der Waals surface area contributed by atoms with E-state index < -0.39 is 0 Å². The first kappa shape index (κ1) is 12.8. The maximum Gasteiger partial charge on any atom is 0.0292 e. The van der Waals surface area contributed by atoms with Crippen molar-refractivity contribution < 1.29 is 0 Å². The lowest BCUT2D eigenvalue weighted by Crippen LogP contribution is -1.80. The molecule has 0 radical (unpaired) electrons. The molecule has 78 valence electrons. The van der Waals surface area contributed by atoms with E-state index in [-0.39, 0.29) is 0 Å². The summed E-state index contributed by atoms with van der Waals surface area (Å²) < 4.78 is 0. The second-order valence-electron chi connectivity index (χ2n) is 3.61. The fourth-order valence-corrected chi connectivity index (χ4v) is 1.10. The Balaban J connectivity index is 3.66. The van der Waals surface area contributed by atoms with Gasteiger partial charge in [0.15, 0.2) is 0 Å². The van der Waals surface area contributed by atoms with E-state index in [1.807, 2.05) is 0 Å². The predicted octanol–water partition coefficient (Wildman–Crippen LogP) is 4.38. The Bertz CT molecular complexity index is 254. The van der Waals surface area contributed by atoms with Gasteiger partial charge in [-0.25, -0.2) is 0 Å². The van der Waals surface area contributed by atoms with Gasteiger partial charge in [0.25, 0.3) is 0 Å². The van der Waals surface area contributed by atoms with Crippen LogP contribution in [0.15, 0.2) is 28.4 Å². The van der Waals surface area contributed by atoms with Gasteiger partial charge in [-0.2, -0.15) is 0 Å². The van der Waals surface area contributed by atoms with Crippen LogP contribution in [0.4, 0.5) is 0 Å². The molecule has 0 unspecified atom stereocenters. The molecule has 0 aliphatic rings. The summed E-state index contributed by atoms with van der Waals surface area (Å²) in [5.74, 6) is 0. The van der Waals surface area contributed by atoms with Crippen molar-refractivity contribution >= 4 is 0 Å².